The van der Waals surface area contributed by atoms with E-state index in [4.69, 9.17) is 4.74 Å². The molecule has 0 aliphatic carbocycles. The fraction of sp³-hybridized carbons (Fsp3) is 0.500. The molecule has 2 aliphatic rings. The summed E-state index contributed by atoms with van der Waals surface area (Å²) in [5, 5.41) is 2.91. The Balaban J connectivity index is 1.70. The number of halogens is 1. The predicted octanol–water partition coefficient (Wildman–Crippen LogP) is 1.67. The maximum Gasteiger partial charge on any atom is 0.317 e. The zero-order valence-electron chi connectivity index (χ0n) is 11.4. The van der Waals surface area contributed by atoms with Crippen LogP contribution in [0.2, 0.25) is 0 Å². The van der Waals surface area contributed by atoms with Crippen LogP contribution in [0.3, 0.4) is 0 Å². The van der Waals surface area contributed by atoms with Gasteiger partial charge in [0.15, 0.2) is 0 Å². The number of nitrogens with one attached hydrogen (secondary N) is 1. The second-order valence-electron chi connectivity index (χ2n) is 5.22. The van der Waals surface area contributed by atoms with Gasteiger partial charge in [-0.05, 0) is 18.2 Å². The van der Waals surface area contributed by atoms with Crippen LogP contribution < -0.4 is 10.1 Å². The van der Waals surface area contributed by atoms with Gasteiger partial charge in [0.25, 0.3) is 0 Å². The number of carbonyl (C=O) groups is 1. The largest absolute Gasteiger partial charge is 0.496 e. The summed E-state index contributed by atoms with van der Waals surface area (Å²) in [4.78, 5) is 15.9. The van der Waals surface area contributed by atoms with Gasteiger partial charge in [-0.25, -0.2) is 4.79 Å². The Bertz CT molecular complexity index is 523. The predicted molar refractivity (Wildman–Crippen MR) is 79.9 cm³/mol. The first kappa shape index (κ1) is 13.7. The van der Waals surface area contributed by atoms with Crippen LogP contribution in [0.4, 0.5) is 4.79 Å². The smallest absolute Gasteiger partial charge is 0.317 e. The Kier molecular flexibility index (Phi) is 3.85. The first-order valence-electron chi connectivity index (χ1n) is 6.76. The third-order valence-corrected chi connectivity index (χ3v) is 4.45. The Morgan fingerprint density at radius 3 is 3.10 bits per heavy atom. The molecule has 0 saturated carbocycles. The van der Waals surface area contributed by atoms with Gasteiger partial charge in [-0.1, -0.05) is 15.9 Å². The quantitative estimate of drug-likeness (QED) is 0.910. The van der Waals surface area contributed by atoms with Crippen molar-refractivity contribution in [3.8, 4) is 5.75 Å². The van der Waals surface area contributed by atoms with Crippen LogP contribution in [0.15, 0.2) is 22.7 Å². The summed E-state index contributed by atoms with van der Waals surface area (Å²) in [6, 6.07) is 6.45. The molecule has 1 aromatic rings. The fourth-order valence-corrected chi connectivity index (χ4v) is 3.33. The van der Waals surface area contributed by atoms with E-state index in [0.717, 1.165) is 42.9 Å². The number of amides is 2. The molecule has 1 unspecified atom stereocenters. The molecule has 1 N–H and O–H groups in total. The third-order valence-electron chi connectivity index (χ3n) is 3.95. The van der Waals surface area contributed by atoms with Gasteiger partial charge in [0, 0.05) is 42.8 Å². The molecule has 108 valence electrons. The Morgan fingerprint density at radius 2 is 2.30 bits per heavy atom. The number of rotatable bonds is 3. The molecule has 1 aromatic carbocycles. The molecule has 2 saturated heterocycles. The van der Waals surface area contributed by atoms with Crippen molar-refractivity contribution in [3.05, 3.63) is 28.2 Å². The van der Waals surface area contributed by atoms with E-state index in [2.05, 4.69) is 32.2 Å². The standard InChI is InChI=1S/C14H18BrN3O2/c1-20-13-3-2-11(15)6-10(13)8-17-4-5-18-12(9-17)7-16-14(18)19/h2-3,6,12H,4-5,7-9H2,1H3,(H,16,19). The summed E-state index contributed by atoms with van der Waals surface area (Å²) in [6.07, 6.45) is 0. The molecule has 1 atom stereocenters. The molecule has 6 heteroatoms. The van der Waals surface area contributed by atoms with Gasteiger partial charge in [-0.15, -0.1) is 0 Å². The highest BCUT2D eigenvalue weighted by Crippen LogP contribution is 2.25. The molecule has 2 amide bonds. The summed E-state index contributed by atoms with van der Waals surface area (Å²) >= 11 is 3.51. The van der Waals surface area contributed by atoms with Gasteiger partial charge < -0.3 is 15.0 Å². The Labute approximate surface area is 127 Å². The van der Waals surface area contributed by atoms with E-state index in [0.29, 0.717) is 6.04 Å². The van der Waals surface area contributed by atoms with Crippen LogP contribution in [0.5, 0.6) is 5.75 Å². The molecular weight excluding hydrogens is 322 g/mol. The van der Waals surface area contributed by atoms with Crippen LogP contribution in [-0.4, -0.2) is 55.2 Å². The first-order chi connectivity index (χ1) is 9.67. The molecule has 0 bridgehead atoms. The number of fused-ring (bicyclic) bond motifs is 1. The number of hydrogen-bond acceptors (Lipinski definition) is 3. The minimum Gasteiger partial charge on any atom is -0.496 e. The molecule has 0 aromatic heterocycles. The lowest BCUT2D eigenvalue weighted by Crippen LogP contribution is -2.51. The summed E-state index contributed by atoms with van der Waals surface area (Å²) in [5.74, 6) is 0.913. The van der Waals surface area contributed by atoms with E-state index in [1.807, 2.05) is 17.0 Å². The van der Waals surface area contributed by atoms with Crippen LogP contribution in [0, 0.1) is 0 Å². The zero-order chi connectivity index (χ0) is 14.1. The monoisotopic (exact) mass is 339 g/mol. The molecule has 0 spiro atoms. The van der Waals surface area contributed by atoms with Crippen molar-refractivity contribution in [2.45, 2.75) is 12.6 Å². The second kappa shape index (κ2) is 5.61. The van der Waals surface area contributed by atoms with Crippen molar-refractivity contribution in [1.82, 2.24) is 15.1 Å². The van der Waals surface area contributed by atoms with Gasteiger partial charge >= 0.3 is 6.03 Å². The van der Waals surface area contributed by atoms with E-state index >= 15 is 0 Å². The Hall–Kier alpha value is -1.27. The highest BCUT2D eigenvalue weighted by atomic mass is 79.9. The lowest BCUT2D eigenvalue weighted by molar-refractivity contribution is 0.116. The van der Waals surface area contributed by atoms with Gasteiger partial charge in [-0.3, -0.25) is 4.90 Å². The fourth-order valence-electron chi connectivity index (χ4n) is 2.92. The molecule has 0 radical (unpaired) electrons. The SMILES string of the molecule is COc1ccc(Br)cc1CN1CCN2C(=O)NCC2C1. The van der Waals surface area contributed by atoms with E-state index in [1.165, 1.54) is 5.56 Å². The van der Waals surface area contributed by atoms with Gasteiger partial charge in [0.05, 0.1) is 13.2 Å². The molecule has 2 aliphatic heterocycles. The number of urea groups is 1. The van der Waals surface area contributed by atoms with Crippen molar-refractivity contribution in [2.75, 3.05) is 33.3 Å². The number of hydrogen-bond donors (Lipinski definition) is 1. The number of nitrogens with zero attached hydrogens (tertiary/aromatic N) is 2. The normalized spacial score (nSPS) is 22.6. The summed E-state index contributed by atoms with van der Waals surface area (Å²) in [7, 11) is 1.70. The van der Waals surface area contributed by atoms with Crippen molar-refractivity contribution in [2.24, 2.45) is 0 Å². The van der Waals surface area contributed by atoms with E-state index in [1.54, 1.807) is 7.11 Å². The molecule has 20 heavy (non-hydrogen) atoms. The van der Waals surface area contributed by atoms with Crippen LogP contribution in [-0.2, 0) is 6.54 Å². The lowest BCUT2D eigenvalue weighted by atomic mass is 10.1. The number of benzene rings is 1. The highest BCUT2D eigenvalue weighted by molar-refractivity contribution is 9.10. The highest BCUT2D eigenvalue weighted by Gasteiger charge is 2.35. The van der Waals surface area contributed by atoms with Crippen molar-refractivity contribution in [1.29, 1.82) is 0 Å². The maximum absolute atomic E-state index is 11.6. The lowest BCUT2D eigenvalue weighted by Gasteiger charge is -2.36. The van der Waals surface area contributed by atoms with E-state index < -0.39 is 0 Å². The van der Waals surface area contributed by atoms with Gasteiger partial charge in [-0.2, -0.15) is 0 Å². The Morgan fingerprint density at radius 1 is 1.45 bits per heavy atom. The van der Waals surface area contributed by atoms with Crippen LogP contribution in [0.1, 0.15) is 5.56 Å². The molecule has 2 heterocycles. The van der Waals surface area contributed by atoms with E-state index in [-0.39, 0.29) is 6.03 Å². The molecule has 3 rings (SSSR count). The molecular formula is C14H18BrN3O2. The summed E-state index contributed by atoms with van der Waals surface area (Å²) < 4.78 is 6.48. The van der Waals surface area contributed by atoms with Crippen molar-refractivity contribution in [3.63, 3.8) is 0 Å². The topological polar surface area (TPSA) is 44.8 Å². The van der Waals surface area contributed by atoms with Gasteiger partial charge in [0.2, 0.25) is 0 Å². The first-order valence-corrected chi connectivity index (χ1v) is 7.56. The zero-order valence-corrected chi connectivity index (χ0v) is 13.0. The average Bonchev–Trinajstić information content (AvgIpc) is 2.80. The van der Waals surface area contributed by atoms with E-state index in [9.17, 15) is 4.79 Å². The summed E-state index contributed by atoms with van der Waals surface area (Å²) in [5.41, 5.74) is 1.17. The maximum atomic E-state index is 11.6. The number of carbonyl (C=O) groups excluding carboxylic acids is 1. The number of ether oxygens (including phenoxy) is 1. The van der Waals surface area contributed by atoms with Gasteiger partial charge in [0.1, 0.15) is 5.75 Å². The molecule has 5 nitrogen and oxygen atoms in total. The molecule has 2 fully saturated rings. The van der Waals surface area contributed by atoms with Crippen LogP contribution >= 0.6 is 15.9 Å². The average molecular weight is 340 g/mol. The van der Waals surface area contributed by atoms with Crippen molar-refractivity contribution < 1.29 is 9.53 Å². The summed E-state index contributed by atoms with van der Waals surface area (Å²) in [6.45, 7) is 4.22. The minimum absolute atomic E-state index is 0.0784. The number of methoxy groups -OCH3 is 1. The minimum atomic E-state index is 0.0784. The second-order valence-corrected chi connectivity index (χ2v) is 6.14. The number of piperazine rings is 1. The van der Waals surface area contributed by atoms with Crippen LogP contribution in [0.25, 0.3) is 0 Å². The van der Waals surface area contributed by atoms with Crippen molar-refractivity contribution >= 4 is 22.0 Å². The third kappa shape index (κ3) is 2.62.